The van der Waals surface area contributed by atoms with Crippen LogP contribution in [0.25, 0.3) is 28.1 Å². The SMILES string of the molecule is C=C(c1ccnc(-c2cc(C)ccn2)c1)c1ccccc1Nc1ccc(OC)cc1-c1ccccc1. The van der Waals surface area contributed by atoms with E-state index in [1.54, 1.807) is 7.11 Å². The minimum absolute atomic E-state index is 0.811. The number of hydrogen-bond acceptors (Lipinski definition) is 4. The van der Waals surface area contributed by atoms with Crippen LogP contribution in [0.2, 0.25) is 0 Å². The fourth-order valence-electron chi connectivity index (χ4n) is 4.21. The number of aromatic nitrogens is 2. The Labute approximate surface area is 212 Å². The molecule has 3 aromatic carbocycles. The number of anilines is 2. The molecule has 0 saturated carbocycles. The van der Waals surface area contributed by atoms with Gasteiger partial charge in [-0.1, -0.05) is 55.1 Å². The molecule has 176 valence electrons. The molecule has 0 spiro atoms. The molecule has 1 N–H and O–H groups in total. The van der Waals surface area contributed by atoms with Gasteiger partial charge in [-0.15, -0.1) is 0 Å². The summed E-state index contributed by atoms with van der Waals surface area (Å²) >= 11 is 0. The number of para-hydroxylation sites is 1. The number of aryl methyl sites for hydroxylation is 1. The quantitative estimate of drug-likeness (QED) is 0.263. The van der Waals surface area contributed by atoms with Crippen LogP contribution in [0.15, 0.2) is 116 Å². The highest BCUT2D eigenvalue weighted by Gasteiger charge is 2.13. The Hall–Kier alpha value is -4.70. The summed E-state index contributed by atoms with van der Waals surface area (Å²) in [7, 11) is 1.69. The third-order valence-electron chi connectivity index (χ3n) is 6.12. The fourth-order valence-corrected chi connectivity index (χ4v) is 4.21. The van der Waals surface area contributed by atoms with Gasteiger partial charge in [0.25, 0.3) is 0 Å². The van der Waals surface area contributed by atoms with Crippen molar-refractivity contribution in [3.05, 3.63) is 133 Å². The molecule has 0 amide bonds. The van der Waals surface area contributed by atoms with E-state index in [2.05, 4.69) is 65.2 Å². The molecule has 5 rings (SSSR count). The van der Waals surface area contributed by atoms with E-state index in [0.29, 0.717) is 0 Å². The van der Waals surface area contributed by atoms with Crippen molar-refractivity contribution >= 4 is 16.9 Å². The lowest BCUT2D eigenvalue weighted by Gasteiger charge is -2.18. The molecule has 0 bridgehead atoms. The smallest absolute Gasteiger partial charge is 0.119 e. The van der Waals surface area contributed by atoms with Gasteiger partial charge >= 0.3 is 0 Å². The van der Waals surface area contributed by atoms with Crippen molar-refractivity contribution in [2.45, 2.75) is 6.92 Å². The first kappa shape index (κ1) is 23.1. The zero-order valence-corrected chi connectivity index (χ0v) is 20.4. The number of ether oxygens (including phenoxy) is 1. The summed E-state index contributed by atoms with van der Waals surface area (Å²) in [5.41, 5.74) is 9.87. The molecule has 0 radical (unpaired) electrons. The molecule has 0 aliphatic rings. The van der Waals surface area contributed by atoms with Gasteiger partial charge < -0.3 is 10.1 Å². The lowest BCUT2D eigenvalue weighted by atomic mass is 9.97. The molecule has 4 heteroatoms. The maximum atomic E-state index is 5.50. The highest BCUT2D eigenvalue weighted by Crippen LogP contribution is 2.36. The molecule has 2 aromatic heterocycles. The second-order valence-electron chi connectivity index (χ2n) is 8.57. The summed E-state index contributed by atoms with van der Waals surface area (Å²) in [5, 5.41) is 3.65. The highest BCUT2D eigenvalue weighted by atomic mass is 16.5. The van der Waals surface area contributed by atoms with Gasteiger partial charge in [-0.3, -0.25) is 9.97 Å². The molecular weight excluding hydrogens is 442 g/mol. The van der Waals surface area contributed by atoms with Crippen molar-refractivity contribution in [1.82, 2.24) is 9.97 Å². The molecule has 0 fully saturated rings. The van der Waals surface area contributed by atoms with E-state index in [1.807, 2.05) is 73.1 Å². The summed E-state index contributed by atoms with van der Waals surface area (Å²) in [4.78, 5) is 9.04. The number of rotatable bonds is 7. The number of nitrogens with zero attached hydrogens (tertiary/aromatic N) is 2. The molecule has 0 saturated heterocycles. The minimum Gasteiger partial charge on any atom is -0.497 e. The second-order valence-corrected chi connectivity index (χ2v) is 8.57. The Kier molecular flexibility index (Phi) is 6.59. The fraction of sp³-hybridized carbons (Fsp3) is 0.0625. The van der Waals surface area contributed by atoms with Gasteiger partial charge in [0.15, 0.2) is 0 Å². The summed E-state index contributed by atoms with van der Waals surface area (Å²) in [5.74, 6) is 0.811. The first-order chi connectivity index (χ1) is 17.6. The van der Waals surface area contributed by atoms with Crippen molar-refractivity contribution in [3.63, 3.8) is 0 Å². The number of hydrogen-bond donors (Lipinski definition) is 1. The van der Waals surface area contributed by atoms with Crippen molar-refractivity contribution in [1.29, 1.82) is 0 Å². The number of benzene rings is 3. The van der Waals surface area contributed by atoms with Crippen molar-refractivity contribution < 1.29 is 4.74 Å². The van der Waals surface area contributed by atoms with E-state index in [-0.39, 0.29) is 0 Å². The van der Waals surface area contributed by atoms with Crippen LogP contribution in [-0.4, -0.2) is 17.1 Å². The van der Waals surface area contributed by atoms with Gasteiger partial charge in [0.05, 0.1) is 18.5 Å². The monoisotopic (exact) mass is 469 g/mol. The van der Waals surface area contributed by atoms with Crippen LogP contribution in [0.3, 0.4) is 0 Å². The van der Waals surface area contributed by atoms with Crippen LogP contribution < -0.4 is 10.1 Å². The van der Waals surface area contributed by atoms with E-state index in [0.717, 1.165) is 61.9 Å². The average molecular weight is 470 g/mol. The largest absolute Gasteiger partial charge is 0.497 e. The van der Waals surface area contributed by atoms with Crippen LogP contribution in [0.1, 0.15) is 16.7 Å². The maximum Gasteiger partial charge on any atom is 0.119 e. The van der Waals surface area contributed by atoms with E-state index in [4.69, 9.17) is 4.74 Å². The predicted octanol–water partition coefficient (Wildman–Crippen LogP) is 7.93. The predicted molar refractivity (Wildman–Crippen MR) is 148 cm³/mol. The topological polar surface area (TPSA) is 47.0 Å². The lowest BCUT2D eigenvalue weighted by Crippen LogP contribution is -1.99. The van der Waals surface area contributed by atoms with Crippen LogP contribution in [0, 0.1) is 6.92 Å². The Morgan fingerprint density at radius 2 is 1.47 bits per heavy atom. The summed E-state index contributed by atoms with van der Waals surface area (Å²) < 4.78 is 5.50. The lowest BCUT2D eigenvalue weighted by molar-refractivity contribution is 0.415. The minimum atomic E-state index is 0.811. The van der Waals surface area contributed by atoms with Gasteiger partial charge in [0.2, 0.25) is 0 Å². The van der Waals surface area contributed by atoms with Gasteiger partial charge in [-0.05, 0) is 77.7 Å². The van der Waals surface area contributed by atoms with Gasteiger partial charge in [0.1, 0.15) is 5.75 Å². The molecular formula is C32H27N3O. The standard InChI is InChI=1S/C32H27N3O/c1-22-15-17-33-31(19-22)32-20-25(16-18-34-32)23(2)27-11-7-8-12-29(27)35-30-14-13-26(36-3)21-28(30)24-9-5-4-6-10-24/h4-21,35H,2H2,1,3H3. The molecule has 4 nitrogen and oxygen atoms in total. The van der Waals surface area contributed by atoms with Gasteiger partial charge in [0, 0.05) is 34.9 Å². The molecule has 0 unspecified atom stereocenters. The van der Waals surface area contributed by atoms with E-state index >= 15 is 0 Å². The average Bonchev–Trinajstić information content (AvgIpc) is 2.94. The zero-order valence-electron chi connectivity index (χ0n) is 20.4. The Balaban J connectivity index is 1.51. The molecule has 0 aliphatic carbocycles. The van der Waals surface area contributed by atoms with Crippen LogP contribution in [0.4, 0.5) is 11.4 Å². The first-order valence-corrected chi connectivity index (χ1v) is 11.8. The van der Waals surface area contributed by atoms with E-state index < -0.39 is 0 Å². The van der Waals surface area contributed by atoms with Crippen LogP contribution >= 0.6 is 0 Å². The summed E-state index contributed by atoms with van der Waals surface area (Å²) in [6.45, 7) is 6.50. The Bertz CT molecular complexity index is 1530. The van der Waals surface area contributed by atoms with E-state index in [9.17, 15) is 0 Å². The van der Waals surface area contributed by atoms with Crippen molar-refractivity contribution in [2.75, 3.05) is 12.4 Å². The second kappa shape index (κ2) is 10.3. The van der Waals surface area contributed by atoms with Crippen molar-refractivity contribution in [2.24, 2.45) is 0 Å². The zero-order chi connectivity index (χ0) is 24.9. The molecule has 0 aliphatic heterocycles. The molecule has 0 atom stereocenters. The number of pyridine rings is 2. The molecule has 36 heavy (non-hydrogen) atoms. The number of nitrogens with one attached hydrogen (secondary N) is 1. The summed E-state index contributed by atoms with van der Waals surface area (Å²) in [6.07, 6.45) is 3.62. The normalized spacial score (nSPS) is 10.6. The first-order valence-electron chi connectivity index (χ1n) is 11.8. The van der Waals surface area contributed by atoms with Crippen LogP contribution in [0.5, 0.6) is 5.75 Å². The maximum absolute atomic E-state index is 5.50. The summed E-state index contributed by atoms with van der Waals surface area (Å²) in [6, 6.07) is 32.6. The third kappa shape index (κ3) is 4.89. The molecule has 2 heterocycles. The third-order valence-corrected chi connectivity index (χ3v) is 6.12. The molecule has 5 aromatic rings. The Morgan fingerprint density at radius 1 is 0.750 bits per heavy atom. The van der Waals surface area contributed by atoms with E-state index in [1.165, 1.54) is 0 Å². The number of methoxy groups -OCH3 is 1. The highest BCUT2D eigenvalue weighted by molar-refractivity contribution is 5.89. The van der Waals surface area contributed by atoms with Gasteiger partial charge in [-0.2, -0.15) is 0 Å². The van der Waals surface area contributed by atoms with Crippen molar-refractivity contribution in [3.8, 4) is 28.3 Å². The Morgan fingerprint density at radius 3 is 2.25 bits per heavy atom. The van der Waals surface area contributed by atoms with Crippen LogP contribution in [-0.2, 0) is 0 Å². The van der Waals surface area contributed by atoms with Gasteiger partial charge in [-0.25, -0.2) is 0 Å².